The number of nitrogens with zero attached hydrogens (tertiary/aromatic N) is 1. The number of benzene rings is 1. The fraction of sp³-hybridized carbons (Fsp3) is 0.538. The molecule has 1 aromatic carbocycles. The second-order valence-electron chi connectivity index (χ2n) is 5.16. The Morgan fingerprint density at radius 2 is 1.78 bits per heavy atom. The Hall–Kier alpha value is -1.04. The van der Waals surface area contributed by atoms with E-state index in [0.717, 1.165) is 12.1 Å². The molecule has 18 heavy (non-hydrogen) atoms. The lowest BCUT2D eigenvalue weighted by atomic mass is 10.1. The summed E-state index contributed by atoms with van der Waals surface area (Å²) in [5.41, 5.74) is -1.26. The molecule has 0 amide bonds. The van der Waals surface area contributed by atoms with Gasteiger partial charge in [-0.1, -0.05) is 6.07 Å². The lowest BCUT2D eigenvalue weighted by Crippen LogP contribution is -2.38. The Kier molecular flexibility index (Phi) is 4.78. The molecule has 0 bridgehead atoms. The number of aliphatic hydroxyl groups is 2. The van der Waals surface area contributed by atoms with Crippen molar-refractivity contribution < 1.29 is 19.0 Å². The van der Waals surface area contributed by atoms with Crippen LogP contribution in [0, 0.1) is 11.6 Å². The van der Waals surface area contributed by atoms with Gasteiger partial charge in [0.1, 0.15) is 11.6 Å². The van der Waals surface area contributed by atoms with Gasteiger partial charge in [-0.15, -0.1) is 0 Å². The number of aliphatic hydroxyl groups excluding tert-OH is 1. The van der Waals surface area contributed by atoms with Crippen molar-refractivity contribution in [3.8, 4) is 0 Å². The highest BCUT2D eigenvalue weighted by atomic mass is 19.1. The van der Waals surface area contributed by atoms with Crippen molar-refractivity contribution >= 4 is 0 Å². The molecule has 0 spiro atoms. The second kappa shape index (κ2) is 5.73. The molecule has 2 N–H and O–H groups in total. The number of hydrogen-bond acceptors (Lipinski definition) is 3. The SMILES string of the molecule is CN(CC(O)c1c(F)cccc1F)CC(C)(C)O. The third-order valence-electron chi connectivity index (χ3n) is 2.47. The van der Waals surface area contributed by atoms with Crippen LogP contribution in [0.1, 0.15) is 25.5 Å². The zero-order valence-corrected chi connectivity index (χ0v) is 10.8. The number of likely N-dealkylation sites (N-methyl/N-ethyl adjacent to an activating group) is 1. The largest absolute Gasteiger partial charge is 0.389 e. The van der Waals surface area contributed by atoms with Crippen LogP contribution in [-0.2, 0) is 0 Å². The molecular weight excluding hydrogens is 240 g/mol. The Morgan fingerprint density at radius 3 is 2.22 bits per heavy atom. The first-order valence-electron chi connectivity index (χ1n) is 5.73. The van der Waals surface area contributed by atoms with Crippen molar-refractivity contribution in [1.82, 2.24) is 4.90 Å². The molecule has 0 heterocycles. The van der Waals surface area contributed by atoms with Gasteiger partial charge in [-0.25, -0.2) is 8.78 Å². The van der Waals surface area contributed by atoms with Crippen LogP contribution < -0.4 is 0 Å². The number of rotatable bonds is 5. The van der Waals surface area contributed by atoms with Gasteiger partial charge in [-0.05, 0) is 33.0 Å². The highest BCUT2D eigenvalue weighted by Crippen LogP contribution is 2.21. The van der Waals surface area contributed by atoms with E-state index in [1.54, 1.807) is 25.8 Å². The normalized spacial score (nSPS) is 14.0. The van der Waals surface area contributed by atoms with E-state index in [1.807, 2.05) is 0 Å². The monoisotopic (exact) mass is 259 g/mol. The average Bonchev–Trinajstić information content (AvgIpc) is 2.13. The van der Waals surface area contributed by atoms with E-state index in [9.17, 15) is 19.0 Å². The van der Waals surface area contributed by atoms with Gasteiger partial charge in [0.2, 0.25) is 0 Å². The lowest BCUT2D eigenvalue weighted by Gasteiger charge is -2.27. The average molecular weight is 259 g/mol. The standard InChI is InChI=1S/C13H19F2NO2/c1-13(2,18)8-16(3)7-11(17)12-9(14)5-4-6-10(12)15/h4-6,11,17-18H,7-8H2,1-3H3. The number of halogens is 2. The van der Waals surface area contributed by atoms with Crippen molar-refractivity contribution in [3.63, 3.8) is 0 Å². The minimum absolute atomic E-state index is 0.0435. The molecule has 0 saturated carbocycles. The quantitative estimate of drug-likeness (QED) is 0.846. The van der Waals surface area contributed by atoms with E-state index in [-0.39, 0.29) is 12.1 Å². The van der Waals surface area contributed by atoms with Crippen LogP contribution in [0.4, 0.5) is 8.78 Å². The Balaban J connectivity index is 2.74. The van der Waals surface area contributed by atoms with Crippen LogP contribution in [-0.4, -0.2) is 40.9 Å². The van der Waals surface area contributed by atoms with Crippen LogP contribution in [0.5, 0.6) is 0 Å². The van der Waals surface area contributed by atoms with Gasteiger partial charge in [-0.3, -0.25) is 0 Å². The molecule has 1 atom stereocenters. The van der Waals surface area contributed by atoms with Crippen molar-refractivity contribution in [3.05, 3.63) is 35.4 Å². The highest BCUT2D eigenvalue weighted by molar-refractivity contribution is 5.22. The van der Waals surface area contributed by atoms with E-state index in [4.69, 9.17) is 0 Å². The minimum Gasteiger partial charge on any atom is -0.389 e. The van der Waals surface area contributed by atoms with Gasteiger partial charge < -0.3 is 15.1 Å². The van der Waals surface area contributed by atoms with Crippen molar-refractivity contribution in [1.29, 1.82) is 0 Å². The summed E-state index contributed by atoms with van der Waals surface area (Å²) in [6.07, 6.45) is -1.27. The van der Waals surface area contributed by atoms with Crippen LogP contribution in [0.2, 0.25) is 0 Å². The molecule has 5 heteroatoms. The molecule has 1 unspecified atom stereocenters. The van der Waals surface area contributed by atoms with Gasteiger partial charge in [-0.2, -0.15) is 0 Å². The Bertz CT molecular complexity index is 384. The van der Waals surface area contributed by atoms with Gasteiger partial charge in [0.05, 0.1) is 17.3 Å². The zero-order chi connectivity index (χ0) is 13.9. The highest BCUT2D eigenvalue weighted by Gasteiger charge is 2.22. The molecule has 1 aromatic rings. The molecule has 0 saturated heterocycles. The summed E-state index contributed by atoms with van der Waals surface area (Å²) in [6.45, 7) is 3.58. The van der Waals surface area contributed by atoms with E-state index < -0.39 is 23.3 Å². The van der Waals surface area contributed by atoms with Crippen LogP contribution in [0.15, 0.2) is 18.2 Å². The maximum Gasteiger partial charge on any atom is 0.131 e. The maximum atomic E-state index is 13.4. The first kappa shape index (κ1) is 15.0. The summed E-state index contributed by atoms with van der Waals surface area (Å²) in [5.74, 6) is -1.53. The molecule has 0 fully saturated rings. The topological polar surface area (TPSA) is 43.7 Å². The summed E-state index contributed by atoms with van der Waals surface area (Å²) in [5, 5.41) is 19.5. The molecule has 0 aliphatic carbocycles. The Labute approximate surface area is 106 Å². The molecule has 3 nitrogen and oxygen atoms in total. The summed E-state index contributed by atoms with van der Waals surface area (Å²) >= 11 is 0. The molecule has 0 aliphatic heterocycles. The van der Waals surface area contributed by atoms with Crippen LogP contribution >= 0.6 is 0 Å². The minimum atomic E-state index is -1.27. The van der Waals surface area contributed by atoms with Gasteiger partial charge in [0, 0.05) is 13.1 Å². The van der Waals surface area contributed by atoms with Crippen LogP contribution in [0.3, 0.4) is 0 Å². The van der Waals surface area contributed by atoms with E-state index in [1.165, 1.54) is 6.07 Å². The molecule has 1 rings (SSSR count). The van der Waals surface area contributed by atoms with Crippen molar-refractivity contribution in [2.24, 2.45) is 0 Å². The molecular formula is C13H19F2NO2. The Morgan fingerprint density at radius 1 is 1.28 bits per heavy atom. The molecule has 0 aromatic heterocycles. The smallest absolute Gasteiger partial charge is 0.131 e. The fourth-order valence-corrected chi connectivity index (χ4v) is 1.94. The van der Waals surface area contributed by atoms with Crippen molar-refractivity contribution in [2.45, 2.75) is 25.6 Å². The predicted molar refractivity (Wildman–Crippen MR) is 65.1 cm³/mol. The molecule has 0 aliphatic rings. The maximum absolute atomic E-state index is 13.4. The van der Waals surface area contributed by atoms with Gasteiger partial charge in [0.15, 0.2) is 0 Å². The summed E-state index contributed by atoms with van der Waals surface area (Å²) in [4.78, 5) is 1.62. The summed E-state index contributed by atoms with van der Waals surface area (Å²) < 4.78 is 26.8. The van der Waals surface area contributed by atoms with E-state index in [2.05, 4.69) is 0 Å². The fourth-order valence-electron chi connectivity index (χ4n) is 1.94. The van der Waals surface area contributed by atoms with E-state index >= 15 is 0 Å². The predicted octanol–water partition coefficient (Wildman–Crippen LogP) is 1.70. The molecule has 0 radical (unpaired) electrons. The van der Waals surface area contributed by atoms with Gasteiger partial charge in [0.25, 0.3) is 0 Å². The lowest BCUT2D eigenvalue weighted by molar-refractivity contribution is 0.0274. The third-order valence-corrected chi connectivity index (χ3v) is 2.47. The third kappa shape index (κ3) is 4.33. The second-order valence-corrected chi connectivity index (χ2v) is 5.16. The van der Waals surface area contributed by atoms with Gasteiger partial charge >= 0.3 is 0 Å². The first-order valence-corrected chi connectivity index (χ1v) is 5.73. The van der Waals surface area contributed by atoms with Crippen molar-refractivity contribution in [2.75, 3.05) is 20.1 Å². The number of hydrogen-bond donors (Lipinski definition) is 2. The summed E-state index contributed by atoms with van der Waals surface area (Å²) in [7, 11) is 1.67. The zero-order valence-electron chi connectivity index (χ0n) is 10.8. The first-order chi connectivity index (χ1) is 8.20. The summed E-state index contributed by atoms with van der Waals surface area (Å²) in [6, 6.07) is 3.47. The molecule has 102 valence electrons. The van der Waals surface area contributed by atoms with E-state index in [0.29, 0.717) is 6.54 Å². The van der Waals surface area contributed by atoms with Crippen LogP contribution in [0.25, 0.3) is 0 Å².